The first-order chi connectivity index (χ1) is 18.7. The number of fused-ring (bicyclic) bond motifs is 2. The van der Waals surface area contributed by atoms with E-state index in [4.69, 9.17) is 35.3 Å². The second-order valence-electron chi connectivity index (χ2n) is 8.57. The van der Waals surface area contributed by atoms with Crippen molar-refractivity contribution in [1.29, 1.82) is 0 Å². The summed E-state index contributed by atoms with van der Waals surface area (Å²) < 4.78 is 26.0. The van der Waals surface area contributed by atoms with Crippen LogP contribution in [0.2, 0.25) is 0 Å². The molecule has 0 bridgehead atoms. The zero-order chi connectivity index (χ0) is 28.4. The first-order valence-electron chi connectivity index (χ1n) is 11.7. The molecule has 1 amide bonds. The molecule has 39 heavy (non-hydrogen) atoms. The highest BCUT2D eigenvalue weighted by molar-refractivity contribution is 6.18. The van der Waals surface area contributed by atoms with E-state index in [0.29, 0.717) is 33.7 Å². The van der Waals surface area contributed by atoms with Crippen molar-refractivity contribution in [2.45, 2.75) is 12.5 Å². The lowest BCUT2D eigenvalue weighted by Crippen LogP contribution is -2.39. The zero-order valence-corrected chi connectivity index (χ0v) is 22.6. The number of benzene rings is 1. The van der Waals surface area contributed by atoms with Crippen molar-refractivity contribution >= 4 is 40.3 Å². The molecule has 4 N–H and O–H groups in total. The maximum absolute atomic E-state index is 13.4. The summed E-state index contributed by atoms with van der Waals surface area (Å²) in [6, 6.07) is 2.45. The van der Waals surface area contributed by atoms with E-state index in [0.717, 1.165) is 0 Å². The molecular weight excluding hydrogens is 534 g/mol. The molecule has 1 aromatic heterocycles. The van der Waals surface area contributed by atoms with Crippen LogP contribution in [-0.2, 0) is 19.1 Å². The van der Waals surface area contributed by atoms with Crippen molar-refractivity contribution in [3.8, 4) is 17.2 Å². The van der Waals surface area contributed by atoms with Gasteiger partial charge in [-0.25, -0.2) is 9.59 Å². The molecule has 0 radical (unpaired) electrons. The molecule has 2 aliphatic rings. The molecule has 208 valence electrons. The van der Waals surface area contributed by atoms with Crippen LogP contribution in [-0.4, -0.2) is 75.4 Å². The number of halogens is 1. The third-order valence-corrected chi connectivity index (χ3v) is 6.81. The number of nitrogens with one attached hydrogen (secondary N) is 3. The fourth-order valence-corrected chi connectivity index (χ4v) is 5.13. The number of H-pyrrole nitrogens is 1. The Labute approximate surface area is 228 Å². The predicted octanol–water partition coefficient (Wildman–Crippen LogP) is 2.45. The van der Waals surface area contributed by atoms with Gasteiger partial charge < -0.3 is 44.4 Å². The number of aromatic amines is 1. The SMILES string of the molecule is COC(=O)C1=C(C(=O)OC)C2C(CCCl)=C(NC(=O)c3cc4cc(OC)c(OC)c(OC)c4[nH]3)C=C(O)C2N1. The minimum absolute atomic E-state index is 0.0320. The lowest BCUT2D eigenvalue weighted by Gasteiger charge is -2.30. The average Bonchev–Trinajstić information content (AvgIpc) is 3.55. The number of hydrogen-bond acceptors (Lipinski definition) is 10. The highest BCUT2D eigenvalue weighted by atomic mass is 35.5. The molecule has 1 aliphatic carbocycles. The normalized spacial score (nSPS) is 18.3. The molecule has 1 aromatic carbocycles. The van der Waals surface area contributed by atoms with Crippen molar-refractivity contribution < 1.29 is 43.2 Å². The number of esters is 2. The zero-order valence-electron chi connectivity index (χ0n) is 21.9. The molecule has 4 rings (SSSR count). The third kappa shape index (κ3) is 4.71. The number of aromatic nitrogens is 1. The Hall–Kier alpha value is -4.32. The standard InChI is InChI=1S/C26H28ClN3O9/c1-35-16-9-11-8-14(28-19(11)23(37-3)22(16)36-2)24(32)29-13-10-15(31)20-17(12(13)6-7-27)18(25(33)38-4)21(30-20)26(34)39-5/h8-10,17,20,28,30-31H,6-7H2,1-5H3,(H,29,32). The van der Waals surface area contributed by atoms with E-state index < -0.39 is 29.8 Å². The summed E-state index contributed by atoms with van der Waals surface area (Å²) in [6.07, 6.45) is 1.59. The van der Waals surface area contributed by atoms with E-state index in [-0.39, 0.29) is 40.7 Å². The number of hydrogen-bond donors (Lipinski definition) is 4. The Morgan fingerprint density at radius 1 is 1.00 bits per heavy atom. The van der Waals surface area contributed by atoms with Gasteiger partial charge in [-0.15, -0.1) is 11.6 Å². The highest BCUT2D eigenvalue weighted by Gasteiger charge is 2.47. The molecule has 13 heteroatoms. The Morgan fingerprint density at radius 2 is 1.69 bits per heavy atom. The third-order valence-electron chi connectivity index (χ3n) is 6.62. The van der Waals surface area contributed by atoms with Crippen LogP contribution in [0.3, 0.4) is 0 Å². The van der Waals surface area contributed by atoms with Crippen LogP contribution in [0.1, 0.15) is 16.9 Å². The summed E-state index contributed by atoms with van der Waals surface area (Å²) in [5, 5.41) is 17.1. The molecule has 0 saturated heterocycles. The van der Waals surface area contributed by atoms with Crippen molar-refractivity contribution in [3.05, 3.63) is 52.2 Å². The predicted molar refractivity (Wildman–Crippen MR) is 140 cm³/mol. The number of ether oxygens (including phenoxy) is 5. The molecule has 0 saturated carbocycles. The number of rotatable bonds is 9. The molecule has 12 nitrogen and oxygen atoms in total. The fourth-order valence-electron chi connectivity index (χ4n) is 4.93. The molecule has 2 unspecified atom stereocenters. The number of amides is 1. The summed E-state index contributed by atoms with van der Waals surface area (Å²) in [5.74, 6) is -1.91. The Kier molecular flexibility index (Phi) is 7.95. The number of carbonyl (C=O) groups excluding carboxylic acids is 3. The lowest BCUT2D eigenvalue weighted by molar-refractivity contribution is -0.139. The molecule has 0 fully saturated rings. The van der Waals surface area contributed by atoms with Gasteiger partial charge in [0.2, 0.25) is 5.75 Å². The summed E-state index contributed by atoms with van der Waals surface area (Å²) >= 11 is 6.09. The maximum Gasteiger partial charge on any atom is 0.354 e. The number of aliphatic hydroxyl groups is 1. The van der Waals surface area contributed by atoms with Gasteiger partial charge in [0.25, 0.3) is 5.91 Å². The molecule has 1 aliphatic heterocycles. The van der Waals surface area contributed by atoms with E-state index in [9.17, 15) is 19.5 Å². The summed E-state index contributed by atoms with van der Waals surface area (Å²) in [7, 11) is 6.79. The van der Waals surface area contributed by atoms with Gasteiger partial charge in [-0.1, -0.05) is 0 Å². The van der Waals surface area contributed by atoms with Crippen LogP contribution in [0.5, 0.6) is 17.2 Å². The van der Waals surface area contributed by atoms with Crippen molar-refractivity contribution in [1.82, 2.24) is 15.6 Å². The minimum atomic E-state index is -0.857. The maximum atomic E-state index is 13.4. The highest BCUT2D eigenvalue weighted by Crippen LogP contribution is 2.44. The lowest BCUT2D eigenvalue weighted by atomic mass is 9.80. The molecular formula is C26H28ClN3O9. The van der Waals surface area contributed by atoms with E-state index >= 15 is 0 Å². The van der Waals surface area contributed by atoms with Gasteiger partial charge in [-0.05, 0) is 24.1 Å². The monoisotopic (exact) mass is 561 g/mol. The molecule has 2 aromatic rings. The second kappa shape index (κ2) is 11.2. The van der Waals surface area contributed by atoms with Crippen LogP contribution in [0, 0.1) is 5.92 Å². The van der Waals surface area contributed by atoms with E-state index in [2.05, 4.69) is 15.6 Å². The van der Waals surface area contributed by atoms with Gasteiger partial charge in [0.15, 0.2) is 11.5 Å². The smallest absolute Gasteiger partial charge is 0.354 e. The summed E-state index contributed by atoms with van der Waals surface area (Å²) in [4.78, 5) is 41.7. The van der Waals surface area contributed by atoms with Gasteiger partial charge in [0.1, 0.15) is 17.2 Å². The van der Waals surface area contributed by atoms with Gasteiger partial charge in [-0.2, -0.15) is 0 Å². The Morgan fingerprint density at radius 3 is 2.28 bits per heavy atom. The largest absolute Gasteiger partial charge is 0.510 e. The second-order valence-corrected chi connectivity index (χ2v) is 8.94. The number of aliphatic hydroxyl groups excluding tert-OH is 1. The van der Waals surface area contributed by atoms with Crippen LogP contribution in [0.15, 0.2) is 46.5 Å². The van der Waals surface area contributed by atoms with Gasteiger partial charge in [0.05, 0.1) is 52.7 Å². The van der Waals surface area contributed by atoms with Gasteiger partial charge >= 0.3 is 11.9 Å². The average molecular weight is 562 g/mol. The van der Waals surface area contributed by atoms with Crippen LogP contribution >= 0.6 is 11.6 Å². The van der Waals surface area contributed by atoms with Gasteiger partial charge in [-0.3, -0.25) is 4.79 Å². The van der Waals surface area contributed by atoms with Crippen LogP contribution < -0.4 is 24.8 Å². The quantitative estimate of drug-likeness (QED) is 0.265. The first kappa shape index (κ1) is 27.7. The number of allylic oxidation sites excluding steroid dienone is 1. The van der Waals surface area contributed by atoms with Crippen LogP contribution in [0.4, 0.5) is 0 Å². The van der Waals surface area contributed by atoms with E-state index in [1.807, 2.05) is 0 Å². The Bertz CT molecular complexity index is 1440. The Balaban J connectivity index is 1.78. The topological polar surface area (TPSA) is 157 Å². The van der Waals surface area contributed by atoms with Crippen LogP contribution in [0.25, 0.3) is 10.9 Å². The number of carbonyl (C=O) groups is 3. The minimum Gasteiger partial charge on any atom is -0.510 e. The number of methoxy groups -OCH3 is 5. The van der Waals surface area contributed by atoms with E-state index in [1.54, 1.807) is 12.1 Å². The molecule has 2 atom stereocenters. The van der Waals surface area contributed by atoms with Crippen molar-refractivity contribution in [2.24, 2.45) is 5.92 Å². The molecule has 2 heterocycles. The van der Waals surface area contributed by atoms with Crippen molar-refractivity contribution in [3.63, 3.8) is 0 Å². The first-order valence-corrected chi connectivity index (χ1v) is 12.3. The van der Waals surface area contributed by atoms with Gasteiger partial charge in [0, 0.05) is 29.0 Å². The summed E-state index contributed by atoms with van der Waals surface area (Å²) in [6.45, 7) is 0. The van der Waals surface area contributed by atoms with Crippen molar-refractivity contribution in [2.75, 3.05) is 41.4 Å². The summed E-state index contributed by atoms with van der Waals surface area (Å²) in [5.41, 5.74) is 1.27. The number of alkyl halides is 1. The van der Waals surface area contributed by atoms with E-state index in [1.165, 1.54) is 41.6 Å². The molecule has 0 spiro atoms. The fraction of sp³-hybridized carbons (Fsp3) is 0.346.